The first-order valence-electron chi connectivity index (χ1n) is 7.40. The topological polar surface area (TPSA) is 75.6 Å². The fourth-order valence-electron chi connectivity index (χ4n) is 2.20. The van der Waals surface area contributed by atoms with Gasteiger partial charge in [0.05, 0.1) is 6.42 Å². The smallest absolute Gasteiger partial charge is 0.412 e. The summed E-state index contributed by atoms with van der Waals surface area (Å²) < 4.78 is 5.21. The molecule has 0 fully saturated rings. The average molecular weight is 307 g/mol. The van der Waals surface area contributed by atoms with Gasteiger partial charge in [-0.3, -0.25) is 10.1 Å². The van der Waals surface area contributed by atoms with Gasteiger partial charge in [0.15, 0.2) is 0 Å². The van der Waals surface area contributed by atoms with Crippen LogP contribution in [0.15, 0.2) is 24.3 Å². The van der Waals surface area contributed by atoms with Gasteiger partial charge in [0.25, 0.3) is 0 Å². The van der Waals surface area contributed by atoms with Crippen LogP contribution < -0.4 is 5.32 Å². The summed E-state index contributed by atoms with van der Waals surface area (Å²) in [6.07, 6.45) is -0.461. The number of amides is 1. The van der Waals surface area contributed by atoms with Crippen molar-refractivity contribution < 1.29 is 19.4 Å². The first-order chi connectivity index (χ1) is 10.1. The van der Waals surface area contributed by atoms with Gasteiger partial charge in [-0.05, 0) is 50.3 Å². The molecule has 1 aromatic carbocycles. The highest BCUT2D eigenvalue weighted by Gasteiger charge is 2.20. The van der Waals surface area contributed by atoms with Crippen LogP contribution in [0.3, 0.4) is 0 Å². The van der Waals surface area contributed by atoms with Crippen molar-refractivity contribution in [3.63, 3.8) is 0 Å². The minimum atomic E-state index is -0.829. The van der Waals surface area contributed by atoms with Crippen LogP contribution in [0.5, 0.6) is 0 Å². The maximum atomic E-state index is 11.8. The fourth-order valence-corrected chi connectivity index (χ4v) is 2.20. The molecular weight excluding hydrogens is 282 g/mol. The van der Waals surface area contributed by atoms with Gasteiger partial charge in [-0.15, -0.1) is 0 Å². The Kier molecular flexibility index (Phi) is 5.97. The predicted octanol–water partition coefficient (Wildman–Crippen LogP) is 4.25. The number of anilines is 1. The van der Waals surface area contributed by atoms with Gasteiger partial charge < -0.3 is 9.84 Å². The molecular formula is C17H25NO4. The fraction of sp³-hybridized carbons (Fsp3) is 0.529. The Labute approximate surface area is 131 Å². The van der Waals surface area contributed by atoms with E-state index in [0.717, 1.165) is 5.56 Å². The summed E-state index contributed by atoms with van der Waals surface area (Å²) in [6.45, 7) is 9.36. The van der Waals surface area contributed by atoms with Crippen LogP contribution in [-0.4, -0.2) is 22.8 Å². The van der Waals surface area contributed by atoms with Crippen molar-refractivity contribution in [2.75, 3.05) is 5.32 Å². The molecule has 2 N–H and O–H groups in total. The van der Waals surface area contributed by atoms with E-state index in [0.29, 0.717) is 5.69 Å². The molecule has 0 aromatic heterocycles. The number of ether oxygens (including phenoxy) is 1. The van der Waals surface area contributed by atoms with Crippen LogP contribution in [0, 0.1) is 5.92 Å². The summed E-state index contributed by atoms with van der Waals surface area (Å²) in [5.74, 6) is -0.741. The maximum Gasteiger partial charge on any atom is 0.412 e. The van der Waals surface area contributed by atoms with Crippen molar-refractivity contribution in [1.82, 2.24) is 0 Å². The SMILES string of the molecule is CC(C)C(CC(=O)O)c1cccc(NC(=O)OC(C)(C)C)c1. The van der Waals surface area contributed by atoms with Gasteiger partial charge in [-0.25, -0.2) is 4.79 Å². The van der Waals surface area contributed by atoms with E-state index in [1.54, 1.807) is 39.0 Å². The van der Waals surface area contributed by atoms with Gasteiger partial charge in [0.1, 0.15) is 5.60 Å². The van der Waals surface area contributed by atoms with Gasteiger partial charge in [0.2, 0.25) is 0 Å². The standard InChI is InChI=1S/C17H25NO4/c1-11(2)14(10-15(19)20)12-7-6-8-13(9-12)18-16(21)22-17(3,4)5/h6-9,11,14H,10H2,1-5H3,(H,18,21)(H,19,20). The molecule has 0 aliphatic carbocycles. The Morgan fingerprint density at radius 2 is 1.91 bits per heavy atom. The number of nitrogens with one attached hydrogen (secondary N) is 1. The number of carboxylic acid groups (broad SMARTS) is 1. The molecule has 1 amide bonds. The first-order valence-corrected chi connectivity index (χ1v) is 7.40. The Hall–Kier alpha value is -2.04. The van der Waals surface area contributed by atoms with E-state index in [9.17, 15) is 9.59 Å². The molecule has 0 saturated heterocycles. The van der Waals surface area contributed by atoms with E-state index >= 15 is 0 Å². The molecule has 1 rings (SSSR count). The van der Waals surface area contributed by atoms with Gasteiger partial charge in [-0.1, -0.05) is 26.0 Å². The number of aliphatic carboxylic acids is 1. The molecule has 0 heterocycles. The number of carbonyl (C=O) groups is 2. The van der Waals surface area contributed by atoms with Crippen molar-refractivity contribution in [3.05, 3.63) is 29.8 Å². The molecule has 5 nitrogen and oxygen atoms in total. The molecule has 0 radical (unpaired) electrons. The second-order valence-electron chi connectivity index (χ2n) is 6.70. The quantitative estimate of drug-likeness (QED) is 0.852. The molecule has 122 valence electrons. The third-order valence-corrected chi connectivity index (χ3v) is 3.16. The molecule has 1 aromatic rings. The van der Waals surface area contributed by atoms with Crippen LogP contribution >= 0.6 is 0 Å². The molecule has 1 atom stereocenters. The number of hydrogen-bond donors (Lipinski definition) is 2. The van der Waals surface area contributed by atoms with Crippen molar-refractivity contribution >= 4 is 17.7 Å². The average Bonchev–Trinajstić information content (AvgIpc) is 2.33. The molecule has 22 heavy (non-hydrogen) atoms. The Balaban J connectivity index is 2.88. The lowest BCUT2D eigenvalue weighted by Crippen LogP contribution is -2.27. The molecule has 0 bridgehead atoms. The van der Waals surface area contributed by atoms with Crippen LogP contribution in [0.25, 0.3) is 0 Å². The van der Waals surface area contributed by atoms with Crippen LogP contribution in [0.1, 0.15) is 52.5 Å². The van der Waals surface area contributed by atoms with Gasteiger partial charge >= 0.3 is 12.1 Å². The number of benzene rings is 1. The van der Waals surface area contributed by atoms with E-state index in [4.69, 9.17) is 9.84 Å². The van der Waals surface area contributed by atoms with Gasteiger partial charge in [-0.2, -0.15) is 0 Å². The van der Waals surface area contributed by atoms with E-state index in [-0.39, 0.29) is 18.3 Å². The number of carboxylic acids is 1. The number of hydrogen-bond acceptors (Lipinski definition) is 3. The first kappa shape index (κ1) is 18.0. The summed E-state index contributed by atoms with van der Waals surface area (Å²) in [6, 6.07) is 7.25. The zero-order valence-electron chi connectivity index (χ0n) is 13.8. The second-order valence-corrected chi connectivity index (χ2v) is 6.70. The predicted molar refractivity (Wildman–Crippen MR) is 86.1 cm³/mol. The summed E-state index contributed by atoms with van der Waals surface area (Å²) in [4.78, 5) is 22.8. The summed E-state index contributed by atoms with van der Waals surface area (Å²) >= 11 is 0. The van der Waals surface area contributed by atoms with Gasteiger partial charge in [0, 0.05) is 5.69 Å². The minimum Gasteiger partial charge on any atom is -0.481 e. The zero-order valence-corrected chi connectivity index (χ0v) is 13.8. The van der Waals surface area contributed by atoms with E-state index in [1.165, 1.54) is 0 Å². The van der Waals surface area contributed by atoms with E-state index in [1.807, 2.05) is 19.9 Å². The normalized spacial score (nSPS) is 12.8. The Bertz CT molecular complexity index is 532. The van der Waals surface area contributed by atoms with Crippen LogP contribution in [-0.2, 0) is 9.53 Å². The molecule has 0 aliphatic heterocycles. The molecule has 5 heteroatoms. The number of rotatable bonds is 5. The number of carbonyl (C=O) groups excluding carboxylic acids is 1. The maximum absolute atomic E-state index is 11.8. The minimum absolute atomic E-state index is 0.0631. The Morgan fingerprint density at radius 3 is 2.41 bits per heavy atom. The van der Waals surface area contributed by atoms with E-state index < -0.39 is 17.7 Å². The van der Waals surface area contributed by atoms with Crippen LogP contribution in [0.2, 0.25) is 0 Å². The highest BCUT2D eigenvalue weighted by molar-refractivity contribution is 5.85. The zero-order chi connectivity index (χ0) is 16.9. The third kappa shape index (κ3) is 6.16. The monoisotopic (exact) mass is 307 g/mol. The summed E-state index contributed by atoms with van der Waals surface area (Å²) in [5, 5.41) is 11.7. The molecule has 0 saturated carbocycles. The van der Waals surface area contributed by atoms with Crippen molar-refractivity contribution in [1.29, 1.82) is 0 Å². The third-order valence-electron chi connectivity index (χ3n) is 3.16. The lowest BCUT2D eigenvalue weighted by atomic mass is 9.85. The second kappa shape index (κ2) is 7.29. The van der Waals surface area contributed by atoms with E-state index in [2.05, 4.69) is 5.32 Å². The lowest BCUT2D eigenvalue weighted by molar-refractivity contribution is -0.137. The largest absolute Gasteiger partial charge is 0.481 e. The summed E-state index contributed by atoms with van der Waals surface area (Å²) in [5.41, 5.74) is 0.930. The van der Waals surface area contributed by atoms with Crippen molar-refractivity contribution in [3.8, 4) is 0 Å². The molecule has 0 aliphatic rings. The lowest BCUT2D eigenvalue weighted by Gasteiger charge is -2.21. The highest BCUT2D eigenvalue weighted by atomic mass is 16.6. The highest BCUT2D eigenvalue weighted by Crippen LogP contribution is 2.29. The molecule has 0 spiro atoms. The Morgan fingerprint density at radius 1 is 1.27 bits per heavy atom. The molecule has 1 unspecified atom stereocenters. The van der Waals surface area contributed by atoms with Crippen molar-refractivity contribution in [2.45, 2.75) is 52.6 Å². The van der Waals surface area contributed by atoms with Crippen LogP contribution in [0.4, 0.5) is 10.5 Å². The van der Waals surface area contributed by atoms with Crippen molar-refractivity contribution in [2.24, 2.45) is 5.92 Å². The summed E-state index contributed by atoms with van der Waals surface area (Å²) in [7, 11) is 0.